The Hall–Kier alpha value is -2.68. The normalized spacial score (nSPS) is 13.4. The van der Waals surface area contributed by atoms with Crippen LogP contribution >= 0.6 is 11.6 Å². The Labute approximate surface area is 248 Å². The molecule has 2 aromatic carbocycles. The van der Waals surface area contributed by atoms with Crippen molar-refractivity contribution >= 4 is 36.8 Å². The molecular formula is C32H43ClFNO5Si. The van der Waals surface area contributed by atoms with E-state index in [0.29, 0.717) is 22.2 Å². The molecule has 3 rings (SSSR count). The Balaban J connectivity index is 2.20. The lowest BCUT2D eigenvalue weighted by Crippen LogP contribution is -2.40. The van der Waals surface area contributed by atoms with Crippen molar-refractivity contribution in [3.05, 3.63) is 74.3 Å². The van der Waals surface area contributed by atoms with Gasteiger partial charge in [-0.25, -0.2) is 9.18 Å². The summed E-state index contributed by atoms with van der Waals surface area (Å²) in [6.07, 6.45) is 3.10. The van der Waals surface area contributed by atoms with E-state index in [4.69, 9.17) is 21.1 Å². The van der Waals surface area contributed by atoms with E-state index in [9.17, 15) is 18.8 Å². The quantitative estimate of drug-likeness (QED) is 0.187. The van der Waals surface area contributed by atoms with Crippen molar-refractivity contribution in [2.75, 3.05) is 6.61 Å². The van der Waals surface area contributed by atoms with Crippen molar-refractivity contribution < 1.29 is 23.5 Å². The highest BCUT2D eigenvalue weighted by atomic mass is 35.5. The molecule has 0 radical (unpaired) electrons. The fourth-order valence-corrected chi connectivity index (χ4v) is 5.81. The standard InChI is InChI=1S/C32H43ClFNO5Si/c1-10-39-30(37)23-18-35(27(31(3,4)5)14-15-32(6,7)41(8,9)38)25-16-20(2)26(17-22(25)29(23)36)40-19-21-12-11-13-24(33)28(21)34/h11-13,16-18,27,38H,10,14-15,19H2,1-9H3/t27-/m1/s1. The second-order valence-corrected chi connectivity index (χ2v) is 17.9. The lowest BCUT2D eigenvalue weighted by Gasteiger charge is -2.40. The van der Waals surface area contributed by atoms with Crippen molar-refractivity contribution in [2.45, 2.75) is 92.1 Å². The van der Waals surface area contributed by atoms with Crippen molar-refractivity contribution in [2.24, 2.45) is 5.41 Å². The van der Waals surface area contributed by atoms with E-state index in [0.717, 1.165) is 18.4 Å². The van der Waals surface area contributed by atoms with E-state index >= 15 is 0 Å². The Morgan fingerprint density at radius 3 is 2.41 bits per heavy atom. The number of fused-ring (bicyclic) bond motifs is 1. The van der Waals surface area contributed by atoms with Crippen molar-refractivity contribution in [1.82, 2.24) is 4.57 Å². The Morgan fingerprint density at radius 2 is 1.83 bits per heavy atom. The number of ether oxygens (including phenoxy) is 2. The number of rotatable bonds is 10. The molecule has 0 fully saturated rings. The number of hydrogen-bond acceptors (Lipinski definition) is 5. The summed E-state index contributed by atoms with van der Waals surface area (Å²) in [6, 6.07) is 8.11. The summed E-state index contributed by atoms with van der Waals surface area (Å²) >= 11 is 5.93. The van der Waals surface area contributed by atoms with E-state index in [1.165, 1.54) is 6.07 Å². The van der Waals surface area contributed by atoms with Crippen LogP contribution in [-0.4, -0.2) is 30.3 Å². The first-order valence-electron chi connectivity index (χ1n) is 14.0. The average Bonchev–Trinajstić information content (AvgIpc) is 2.85. The second kappa shape index (κ2) is 12.3. The van der Waals surface area contributed by atoms with Gasteiger partial charge in [0.2, 0.25) is 5.43 Å². The van der Waals surface area contributed by atoms with Gasteiger partial charge < -0.3 is 18.8 Å². The molecule has 41 heavy (non-hydrogen) atoms. The van der Waals surface area contributed by atoms with Crippen LogP contribution in [0.5, 0.6) is 5.75 Å². The predicted octanol–water partition coefficient (Wildman–Crippen LogP) is 8.20. The van der Waals surface area contributed by atoms with Gasteiger partial charge in [0.05, 0.1) is 22.5 Å². The zero-order valence-corrected chi connectivity index (χ0v) is 27.4. The molecule has 0 spiro atoms. The van der Waals surface area contributed by atoms with Gasteiger partial charge in [0, 0.05) is 17.8 Å². The van der Waals surface area contributed by atoms with Gasteiger partial charge in [-0.15, -0.1) is 0 Å². The number of carbonyl (C=O) groups is 1. The Kier molecular flexibility index (Phi) is 9.83. The maximum absolute atomic E-state index is 14.5. The third-order valence-corrected chi connectivity index (χ3v) is 12.1. The third kappa shape index (κ3) is 7.22. The first kappa shape index (κ1) is 32.8. The van der Waals surface area contributed by atoms with Crippen molar-refractivity contribution in [3.63, 3.8) is 0 Å². The molecule has 1 heterocycles. The number of esters is 1. The molecule has 0 saturated carbocycles. The zero-order chi connectivity index (χ0) is 30.9. The summed E-state index contributed by atoms with van der Waals surface area (Å²) in [5.74, 6) is -0.832. The number of benzene rings is 2. The minimum atomic E-state index is -2.46. The van der Waals surface area contributed by atoms with E-state index in [2.05, 4.69) is 34.6 Å². The minimum Gasteiger partial charge on any atom is -0.488 e. The molecule has 0 aliphatic heterocycles. The highest BCUT2D eigenvalue weighted by molar-refractivity contribution is 6.72. The second-order valence-electron chi connectivity index (χ2n) is 13.0. The SMILES string of the molecule is CCOC(=O)c1cn([C@H](CCC(C)(C)[Si](C)(C)O)C(C)(C)C)c2cc(C)c(OCc3cccc(Cl)c3F)cc2c1=O. The topological polar surface area (TPSA) is 77.8 Å². The minimum absolute atomic E-state index is 0.00644. The maximum atomic E-state index is 14.5. The van der Waals surface area contributed by atoms with Gasteiger partial charge in [-0.3, -0.25) is 4.79 Å². The summed E-state index contributed by atoms with van der Waals surface area (Å²) in [6.45, 7) is 18.1. The molecule has 1 N–H and O–H groups in total. The molecule has 0 amide bonds. The number of carbonyl (C=O) groups excluding carboxylic acids is 1. The average molecular weight is 604 g/mol. The van der Waals surface area contributed by atoms with Crippen LogP contribution in [0.25, 0.3) is 10.9 Å². The molecule has 9 heteroatoms. The van der Waals surface area contributed by atoms with Gasteiger partial charge in [-0.1, -0.05) is 58.4 Å². The van der Waals surface area contributed by atoms with E-state index in [-0.39, 0.29) is 40.3 Å². The highest BCUT2D eigenvalue weighted by Crippen LogP contribution is 2.45. The van der Waals surface area contributed by atoms with Crippen LogP contribution in [0.4, 0.5) is 4.39 Å². The predicted molar refractivity (Wildman–Crippen MR) is 166 cm³/mol. The zero-order valence-electron chi connectivity index (χ0n) is 25.7. The number of aryl methyl sites for hydroxylation is 1. The van der Waals surface area contributed by atoms with Crippen LogP contribution < -0.4 is 10.2 Å². The summed E-state index contributed by atoms with van der Waals surface area (Å²) in [7, 11) is -2.46. The number of hydrogen-bond donors (Lipinski definition) is 1. The fraction of sp³-hybridized carbons (Fsp3) is 0.500. The van der Waals surface area contributed by atoms with Crippen LogP contribution in [0.1, 0.15) is 81.9 Å². The van der Waals surface area contributed by atoms with Gasteiger partial charge in [-0.05, 0) is 74.0 Å². The summed E-state index contributed by atoms with van der Waals surface area (Å²) in [4.78, 5) is 37.6. The smallest absolute Gasteiger partial charge is 0.343 e. The first-order valence-corrected chi connectivity index (χ1v) is 17.4. The van der Waals surface area contributed by atoms with Gasteiger partial charge in [-0.2, -0.15) is 0 Å². The van der Waals surface area contributed by atoms with E-state index < -0.39 is 25.5 Å². The van der Waals surface area contributed by atoms with Crippen LogP contribution in [-0.2, 0) is 11.3 Å². The molecule has 224 valence electrons. The van der Waals surface area contributed by atoms with Gasteiger partial charge >= 0.3 is 5.97 Å². The molecule has 0 saturated heterocycles. The number of aromatic nitrogens is 1. The lowest BCUT2D eigenvalue weighted by molar-refractivity contribution is 0.0523. The number of halogens is 2. The van der Waals surface area contributed by atoms with Crippen LogP contribution in [0, 0.1) is 18.2 Å². The van der Waals surface area contributed by atoms with Crippen LogP contribution in [0.2, 0.25) is 23.2 Å². The third-order valence-electron chi connectivity index (χ3n) is 8.27. The van der Waals surface area contributed by atoms with E-state index in [1.54, 1.807) is 31.3 Å². The van der Waals surface area contributed by atoms with Gasteiger partial charge in [0.25, 0.3) is 0 Å². The molecule has 0 unspecified atom stereocenters. The molecule has 1 aromatic heterocycles. The summed E-state index contributed by atoms with van der Waals surface area (Å²) in [5.41, 5.74) is 0.957. The lowest BCUT2D eigenvalue weighted by atomic mass is 9.82. The largest absolute Gasteiger partial charge is 0.488 e. The molecule has 1 atom stereocenters. The van der Waals surface area contributed by atoms with Crippen molar-refractivity contribution in [1.29, 1.82) is 0 Å². The van der Waals surface area contributed by atoms with Gasteiger partial charge in [0.15, 0.2) is 8.32 Å². The summed E-state index contributed by atoms with van der Waals surface area (Å²) < 4.78 is 27.7. The summed E-state index contributed by atoms with van der Waals surface area (Å²) in [5, 5.41) is 0.0713. The molecule has 0 aliphatic carbocycles. The Bertz CT molecular complexity index is 1490. The molecular weight excluding hydrogens is 561 g/mol. The van der Waals surface area contributed by atoms with E-state index in [1.807, 2.05) is 30.7 Å². The monoisotopic (exact) mass is 603 g/mol. The fourth-order valence-electron chi connectivity index (χ4n) is 4.86. The van der Waals surface area contributed by atoms with Crippen molar-refractivity contribution in [3.8, 4) is 5.75 Å². The molecule has 0 bridgehead atoms. The highest BCUT2D eigenvalue weighted by Gasteiger charge is 2.39. The van der Waals surface area contributed by atoms with Crippen LogP contribution in [0.3, 0.4) is 0 Å². The Morgan fingerprint density at radius 1 is 1.17 bits per heavy atom. The van der Waals surface area contributed by atoms with Crippen LogP contribution in [0.15, 0.2) is 41.3 Å². The van der Waals surface area contributed by atoms with Gasteiger partial charge in [0.1, 0.15) is 23.7 Å². The molecule has 0 aliphatic rings. The molecule has 3 aromatic rings. The first-order chi connectivity index (χ1) is 18.9. The number of nitrogens with zero attached hydrogens (tertiary/aromatic N) is 1. The number of pyridine rings is 1. The maximum Gasteiger partial charge on any atom is 0.343 e. The molecule has 6 nitrogen and oxygen atoms in total.